The summed E-state index contributed by atoms with van der Waals surface area (Å²) in [5.41, 5.74) is 0.716. The van der Waals surface area contributed by atoms with Gasteiger partial charge >= 0.3 is 11.8 Å². The maximum atomic E-state index is 12.3. The number of nitrogens with one attached hydrogen (secondary N) is 2. The van der Waals surface area contributed by atoms with Crippen LogP contribution >= 0.6 is 0 Å². The molecule has 1 aliphatic carbocycles. The summed E-state index contributed by atoms with van der Waals surface area (Å²) < 4.78 is 0. The van der Waals surface area contributed by atoms with E-state index in [1.165, 1.54) is 44.9 Å². The van der Waals surface area contributed by atoms with Crippen molar-refractivity contribution in [3.8, 4) is 6.07 Å². The summed E-state index contributed by atoms with van der Waals surface area (Å²) in [7, 11) is 0. The molecule has 0 saturated heterocycles. The van der Waals surface area contributed by atoms with Gasteiger partial charge in [-0.05, 0) is 25.0 Å². The summed E-state index contributed by atoms with van der Waals surface area (Å²) in [6, 6.07) is 8.75. The topological polar surface area (TPSA) is 82.0 Å². The first-order valence-corrected chi connectivity index (χ1v) is 9.81. The van der Waals surface area contributed by atoms with Gasteiger partial charge < -0.3 is 10.6 Å². The Morgan fingerprint density at radius 1 is 0.846 bits per heavy atom. The lowest BCUT2D eigenvalue weighted by atomic mass is 9.98. The van der Waals surface area contributed by atoms with Crippen molar-refractivity contribution in [1.29, 1.82) is 5.26 Å². The fourth-order valence-electron chi connectivity index (χ4n) is 3.43. The molecule has 2 rings (SSSR count). The van der Waals surface area contributed by atoms with Crippen LogP contribution < -0.4 is 10.6 Å². The monoisotopic (exact) mass is 355 g/mol. The highest BCUT2D eigenvalue weighted by Crippen LogP contribution is 2.17. The summed E-state index contributed by atoms with van der Waals surface area (Å²) in [6.07, 6.45) is 12.9. The number of para-hydroxylation sites is 1. The SMILES string of the molecule is N#Cc1ccccc1NC(=O)C(=O)NC1CCCCCCCCCCC1. The largest absolute Gasteiger partial charge is 0.345 e. The van der Waals surface area contributed by atoms with Crippen LogP contribution in [-0.4, -0.2) is 17.9 Å². The zero-order chi connectivity index (χ0) is 18.6. The molecule has 0 radical (unpaired) electrons. The normalized spacial score (nSPS) is 17.2. The van der Waals surface area contributed by atoms with Crippen molar-refractivity contribution in [2.24, 2.45) is 0 Å². The molecule has 1 aliphatic rings. The van der Waals surface area contributed by atoms with Crippen LogP contribution in [0.25, 0.3) is 0 Å². The molecule has 0 aliphatic heterocycles. The van der Waals surface area contributed by atoms with Crippen LogP contribution in [-0.2, 0) is 9.59 Å². The highest BCUT2D eigenvalue weighted by atomic mass is 16.2. The van der Waals surface area contributed by atoms with E-state index in [4.69, 9.17) is 5.26 Å². The van der Waals surface area contributed by atoms with Gasteiger partial charge in [-0.1, -0.05) is 69.9 Å². The third-order valence-corrected chi connectivity index (χ3v) is 4.94. The molecule has 1 saturated carbocycles. The van der Waals surface area contributed by atoms with Gasteiger partial charge in [-0.2, -0.15) is 5.26 Å². The Bertz CT molecular complexity index is 624. The zero-order valence-electron chi connectivity index (χ0n) is 15.4. The first kappa shape index (κ1) is 20.0. The van der Waals surface area contributed by atoms with Crippen molar-refractivity contribution in [2.75, 3.05) is 5.32 Å². The smallest absolute Gasteiger partial charge is 0.313 e. The van der Waals surface area contributed by atoms with E-state index < -0.39 is 11.8 Å². The average Bonchev–Trinajstić information content (AvgIpc) is 2.64. The molecule has 0 unspecified atom stereocenters. The fourth-order valence-corrected chi connectivity index (χ4v) is 3.43. The number of nitrogens with zero attached hydrogens (tertiary/aromatic N) is 1. The van der Waals surface area contributed by atoms with Gasteiger partial charge in [-0.3, -0.25) is 9.59 Å². The molecule has 1 aromatic carbocycles. The second-order valence-electron chi connectivity index (χ2n) is 7.04. The van der Waals surface area contributed by atoms with Crippen molar-refractivity contribution >= 4 is 17.5 Å². The summed E-state index contributed by atoms with van der Waals surface area (Å²) in [4.78, 5) is 24.5. The van der Waals surface area contributed by atoms with E-state index in [0.29, 0.717) is 11.3 Å². The molecule has 0 aromatic heterocycles. The van der Waals surface area contributed by atoms with E-state index in [1.54, 1.807) is 24.3 Å². The van der Waals surface area contributed by atoms with Crippen LogP contribution in [0.5, 0.6) is 0 Å². The lowest BCUT2D eigenvalue weighted by molar-refractivity contribution is -0.136. The van der Waals surface area contributed by atoms with E-state index in [-0.39, 0.29) is 6.04 Å². The van der Waals surface area contributed by atoms with Gasteiger partial charge in [0.25, 0.3) is 0 Å². The van der Waals surface area contributed by atoms with Gasteiger partial charge in [-0.15, -0.1) is 0 Å². The van der Waals surface area contributed by atoms with E-state index in [0.717, 1.165) is 25.7 Å². The zero-order valence-corrected chi connectivity index (χ0v) is 15.4. The Kier molecular flexibility index (Phi) is 8.68. The quantitative estimate of drug-likeness (QED) is 0.777. The van der Waals surface area contributed by atoms with Crippen LogP contribution in [0.2, 0.25) is 0 Å². The van der Waals surface area contributed by atoms with Gasteiger partial charge in [0, 0.05) is 6.04 Å². The molecule has 0 atom stereocenters. The molecule has 0 heterocycles. The van der Waals surface area contributed by atoms with Crippen molar-refractivity contribution in [3.05, 3.63) is 29.8 Å². The number of carbonyl (C=O) groups excluding carboxylic acids is 2. The average molecular weight is 355 g/mol. The number of nitriles is 1. The van der Waals surface area contributed by atoms with Crippen LogP contribution in [0.3, 0.4) is 0 Å². The predicted molar refractivity (Wildman–Crippen MR) is 103 cm³/mol. The van der Waals surface area contributed by atoms with Crippen molar-refractivity contribution in [2.45, 2.75) is 76.7 Å². The predicted octanol–water partition coefficient (Wildman–Crippen LogP) is 4.29. The lowest BCUT2D eigenvalue weighted by Crippen LogP contribution is -2.42. The van der Waals surface area contributed by atoms with E-state index in [2.05, 4.69) is 10.6 Å². The summed E-state index contributed by atoms with van der Waals surface area (Å²) in [6.45, 7) is 0. The molecule has 2 N–H and O–H groups in total. The Labute approximate surface area is 156 Å². The van der Waals surface area contributed by atoms with Gasteiger partial charge in [0.1, 0.15) is 6.07 Å². The number of anilines is 1. The number of amides is 2. The number of carbonyl (C=O) groups is 2. The number of hydrogen-bond donors (Lipinski definition) is 2. The molecule has 0 spiro atoms. The second kappa shape index (κ2) is 11.3. The van der Waals surface area contributed by atoms with E-state index >= 15 is 0 Å². The minimum absolute atomic E-state index is 0.0545. The molecule has 26 heavy (non-hydrogen) atoms. The first-order valence-electron chi connectivity index (χ1n) is 9.81. The third kappa shape index (κ3) is 6.87. The van der Waals surface area contributed by atoms with Gasteiger partial charge in [0.2, 0.25) is 0 Å². The highest BCUT2D eigenvalue weighted by Gasteiger charge is 2.19. The third-order valence-electron chi connectivity index (χ3n) is 4.94. The molecule has 1 fully saturated rings. The highest BCUT2D eigenvalue weighted by molar-refractivity contribution is 6.39. The number of hydrogen-bond acceptors (Lipinski definition) is 3. The minimum atomic E-state index is -0.709. The van der Waals surface area contributed by atoms with E-state index in [9.17, 15) is 9.59 Å². The number of rotatable bonds is 2. The fraction of sp³-hybridized carbons (Fsp3) is 0.571. The van der Waals surface area contributed by atoms with Crippen LogP contribution in [0.15, 0.2) is 24.3 Å². The second-order valence-corrected chi connectivity index (χ2v) is 7.04. The van der Waals surface area contributed by atoms with Crippen molar-refractivity contribution in [3.63, 3.8) is 0 Å². The minimum Gasteiger partial charge on any atom is -0.345 e. The molecule has 5 heteroatoms. The van der Waals surface area contributed by atoms with Gasteiger partial charge in [-0.25, -0.2) is 0 Å². The molecular weight excluding hydrogens is 326 g/mol. The molecule has 1 aromatic rings. The molecule has 0 bridgehead atoms. The Hall–Kier alpha value is -2.35. The van der Waals surface area contributed by atoms with Crippen molar-refractivity contribution in [1.82, 2.24) is 5.32 Å². The van der Waals surface area contributed by atoms with Crippen LogP contribution in [0.1, 0.15) is 76.2 Å². The summed E-state index contributed by atoms with van der Waals surface area (Å²) >= 11 is 0. The molecular formula is C21H29N3O2. The van der Waals surface area contributed by atoms with Crippen molar-refractivity contribution < 1.29 is 9.59 Å². The summed E-state index contributed by atoms with van der Waals surface area (Å²) in [5.74, 6) is -1.33. The molecule has 5 nitrogen and oxygen atoms in total. The Morgan fingerprint density at radius 3 is 1.96 bits per heavy atom. The summed E-state index contributed by atoms with van der Waals surface area (Å²) in [5, 5.41) is 14.5. The van der Waals surface area contributed by atoms with Gasteiger partial charge in [0.05, 0.1) is 11.3 Å². The lowest BCUT2D eigenvalue weighted by Gasteiger charge is -2.19. The number of benzene rings is 1. The maximum Gasteiger partial charge on any atom is 0.313 e. The standard InChI is InChI=1S/C21H29N3O2/c22-16-17-12-10-11-15-19(17)24-21(26)20(25)23-18-13-8-6-4-2-1-3-5-7-9-14-18/h10-12,15,18H,1-9,13-14H2,(H,23,25)(H,24,26). The first-order chi connectivity index (χ1) is 12.7. The van der Waals surface area contributed by atoms with Crippen LogP contribution in [0.4, 0.5) is 5.69 Å². The molecule has 140 valence electrons. The molecule has 2 amide bonds. The Morgan fingerprint density at radius 2 is 1.38 bits per heavy atom. The van der Waals surface area contributed by atoms with Crippen LogP contribution in [0, 0.1) is 11.3 Å². The van der Waals surface area contributed by atoms with Gasteiger partial charge in [0.15, 0.2) is 0 Å². The maximum absolute atomic E-state index is 12.3. The van der Waals surface area contributed by atoms with E-state index in [1.807, 2.05) is 6.07 Å². The Balaban J connectivity index is 1.88.